The van der Waals surface area contributed by atoms with Crippen LogP contribution in [0.2, 0.25) is 0 Å². The Morgan fingerprint density at radius 2 is 0.908 bits per heavy atom. The molecule has 1 aliphatic heterocycles. The van der Waals surface area contributed by atoms with Crippen LogP contribution in [0.15, 0.2) is 212 Å². The van der Waals surface area contributed by atoms with Crippen molar-refractivity contribution in [3.63, 3.8) is 0 Å². The van der Waals surface area contributed by atoms with Crippen LogP contribution in [0.25, 0.3) is 110 Å². The second kappa shape index (κ2) is 14.7. The lowest BCUT2D eigenvalue weighted by molar-refractivity contribution is 0.643. The van der Waals surface area contributed by atoms with E-state index in [1.165, 1.54) is 58.8 Å². The van der Waals surface area contributed by atoms with Crippen LogP contribution in [0.4, 0.5) is 17.1 Å². The van der Waals surface area contributed by atoms with Gasteiger partial charge >= 0.3 is 0 Å². The number of hydrogen-bond donors (Lipinski definition) is 0. The first-order valence-corrected chi connectivity index (χ1v) is 22.7. The molecule has 0 atom stereocenters. The predicted molar refractivity (Wildman–Crippen MR) is 272 cm³/mol. The van der Waals surface area contributed by atoms with E-state index in [2.05, 4.69) is 201 Å². The molecule has 9 aromatic carbocycles. The van der Waals surface area contributed by atoms with E-state index in [0.29, 0.717) is 22.0 Å². The molecule has 304 valence electrons. The Kier molecular flexibility index (Phi) is 8.46. The first kappa shape index (κ1) is 37.4. The average molecular weight is 849 g/mol. The van der Waals surface area contributed by atoms with Gasteiger partial charge in [-0.3, -0.25) is 0 Å². The van der Waals surface area contributed by atoms with Gasteiger partial charge in [-0.05, 0) is 52.2 Å². The number of rotatable bonds is 6. The summed E-state index contributed by atoms with van der Waals surface area (Å²) in [7, 11) is 2.28. The molecule has 0 N–H and O–H groups in total. The summed E-state index contributed by atoms with van der Waals surface area (Å²) in [5.41, 5.74) is 14.3. The highest BCUT2D eigenvalue weighted by Gasteiger charge is 2.42. The molecule has 0 spiro atoms. The van der Waals surface area contributed by atoms with Crippen molar-refractivity contribution in [2.45, 2.75) is 0 Å². The number of aromatic nitrogens is 4. The number of pyridine rings is 1. The van der Waals surface area contributed by atoms with Crippen molar-refractivity contribution in [1.29, 1.82) is 0 Å². The Balaban J connectivity index is 0.868. The van der Waals surface area contributed by atoms with Crippen molar-refractivity contribution in [3.8, 4) is 67.7 Å². The zero-order chi connectivity index (χ0) is 43.1. The van der Waals surface area contributed by atoms with Crippen molar-refractivity contribution in [2.75, 3.05) is 7.05 Å². The highest BCUT2D eigenvalue weighted by atomic mass is 32.1. The fraction of sp³-hybridized carbons (Fsp3) is 0.0169. The molecular weight excluding hydrogens is 811 g/mol. The molecule has 6 heteroatoms. The summed E-state index contributed by atoms with van der Waals surface area (Å²) in [6.07, 6.45) is 0. The molecule has 5 nitrogen and oxygen atoms in total. The normalized spacial score (nSPS) is 12.8. The van der Waals surface area contributed by atoms with Crippen molar-refractivity contribution < 1.29 is 0 Å². The number of hydrogen-bond acceptors (Lipinski definition) is 5. The van der Waals surface area contributed by atoms with Crippen molar-refractivity contribution in [1.82, 2.24) is 24.4 Å². The molecule has 4 heterocycles. The Labute approximate surface area is 379 Å². The lowest BCUT2D eigenvalue weighted by Gasteiger charge is -2.30. The van der Waals surface area contributed by atoms with Crippen molar-refractivity contribution >= 4 is 70.2 Å². The van der Waals surface area contributed by atoms with E-state index in [-0.39, 0.29) is 0 Å². The number of nitrogens with zero attached hydrogens (tertiary/aromatic N) is 5. The molecule has 0 saturated carbocycles. The summed E-state index contributed by atoms with van der Waals surface area (Å²) >= 11 is 1.85. The molecule has 3 aromatic heterocycles. The molecule has 0 radical (unpaired) electrons. The maximum atomic E-state index is 5.38. The zero-order valence-electron chi connectivity index (χ0n) is 35.4. The van der Waals surface area contributed by atoms with Crippen LogP contribution >= 0.6 is 11.3 Å². The van der Waals surface area contributed by atoms with E-state index in [1.807, 2.05) is 29.5 Å². The smallest absolute Gasteiger partial charge is 0.164 e. The highest BCUT2D eigenvalue weighted by molar-refractivity contribution is 7.26. The first-order chi connectivity index (χ1) is 32.1. The van der Waals surface area contributed by atoms with Gasteiger partial charge in [0, 0.05) is 83.2 Å². The van der Waals surface area contributed by atoms with Crippen LogP contribution in [0.1, 0.15) is 0 Å². The van der Waals surface area contributed by atoms with Crippen LogP contribution in [-0.2, 0) is 0 Å². The molecule has 0 aliphatic carbocycles. The van der Waals surface area contributed by atoms with Gasteiger partial charge in [0.05, 0.1) is 18.3 Å². The summed E-state index contributed by atoms with van der Waals surface area (Å²) in [6, 6.07) is 75.4. The predicted octanol–water partition coefficient (Wildman–Crippen LogP) is 15.9. The molecule has 1 aliphatic rings. The van der Waals surface area contributed by atoms with Crippen LogP contribution in [0, 0.1) is 0 Å². The van der Waals surface area contributed by atoms with Crippen LogP contribution in [0.5, 0.6) is 0 Å². The second-order valence-electron chi connectivity index (χ2n) is 16.9. The molecule has 0 amide bonds. The number of quaternary nitrogens is 1. The number of thiophene rings is 1. The van der Waals surface area contributed by atoms with Gasteiger partial charge in [0.2, 0.25) is 0 Å². The standard InChI is InChI=1S/C59H38N5S/c1-64(51-23-10-7-20-46(51)47-21-8-11-24-52(47)64)45-19-13-18-44(34-45)59-62-57(40-14-3-2-4-15-40)61-58(63-59)41-32-28-38(29-33-41)37-26-30-39(31-27-37)55-54-48-22-9-12-25-53(48)65-56(54)49-35-42-16-5-6-17-43(42)36-50(49)60-55/h2-36H,1H3/q+1. The third kappa shape index (κ3) is 6.03. The van der Waals surface area contributed by atoms with E-state index < -0.39 is 0 Å². The Morgan fingerprint density at radius 1 is 0.385 bits per heavy atom. The van der Waals surface area contributed by atoms with Gasteiger partial charge < -0.3 is 0 Å². The minimum absolute atomic E-state index is 0.553. The highest BCUT2D eigenvalue weighted by Crippen LogP contribution is 2.56. The first-order valence-electron chi connectivity index (χ1n) is 21.9. The van der Waals surface area contributed by atoms with Crippen molar-refractivity contribution in [2.24, 2.45) is 0 Å². The third-order valence-electron chi connectivity index (χ3n) is 13.2. The summed E-state index contributed by atoms with van der Waals surface area (Å²) in [4.78, 5) is 20.7. The summed E-state index contributed by atoms with van der Waals surface area (Å²) in [5.74, 6) is 1.89. The van der Waals surface area contributed by atoms with Gasteiger partial charge in [0.25, 0.3) is 0 Å². The lowest BCUT2D eigenvalue weighted by atomic mass is 9.98. The quantitative estimate of drug-likeness (QED) is 0.124. The van der Waals surface area contributed by atoms with Crippen LogP contribution in [0.3, 0.4) is 0 Å². The number of benzene rings is 9. The molecule has 0 unspecified atom stereocenters. The van der Waals surface area contributed by atoms with E-state index in [1.54, 1.807) is 0 Å². The summed E-state index contributed by atoms with van der Waals surface area (Å²) in [5, 5.41) is 6.08. The van der Waals surface area contributed by atoms with Crippen molar-refractivity contribution in [3.05, 3.63) is 212 Å². The minimum atomic E-state index is 0.553. The Morgan fingerprint density at radius 3 is 1.60 bits per heavy atom. The third-order valence-corrected chi connectivity index (χ3v) is 14.4. The van der Waals surface area contributed by atoms with Crippen LogP contribution < -0.4 is 4.48 Å². The van der Waals surface area contributed by atoms with Gasteiger partial charge in [0.1, 0.15) is 5.69 Å². The molecule has 13 rings (SSSR count). The van der Waals surface area contributed by atoms with Gasteiger partial charge in [-0.15, -0.1) is 11.3 Å². The summed E-state index contributed by atoms with van der Waals surface area (Å²) < 4.78 is 3.10. The van der Waals surface area contributed by atoms with Gasteiger partial charge in [-0.2, -0.15) is 0 Å². The fourth-order valence-electron chi connectivity index (χ4n) is 9.85. The lowest BCUT2D eigenvalue weighted by Crippen LogP contribution is -2.31. The number of para-hydroxylation sites is 2. The molecule has 0 fully saturated rings. The van der Waals surface area contributed by atoms with E-state index >= 15 is 0 Å². The molecule has 12 aromatic rings. The molecule has 0 bridgehead atoms. The van der Waals surface area contributed by atoms with Gasteiger partial charge in [0.15, 0.2) is 28.8 Å². The maximum Gasteiger partial charge on any atom is 0.164 e. The molecular formula is C59H38N5S+. The Hall–Kier alpha value is -8.16. The topological polar surface area (TPSA) is 51.6 Å². The van der Waals surface area contributed by atoms with Gasteiger partial charge in [-0.1, -0.05) is 158 Å². The summed E-state index contributed by atoms with van der Waals surface area (Å²) in [6.45, 7) is 0. The van der Waals surface area contributed by atoms with Gasteiger partial charge in [-0.25, -0.2) is 24.4 Å². The SMILES string of the molecule is C[N+]1(c2cccc(-c3nc(-c4ccccc4)nc(-c4ccc(-c5ccc(-c6nc7cc8ccccc8cc7c7sc8ccccc8c67)cc5)cc4)n3)c2)c2ccccc2-c2ccccc21. The van der Waals surface area contributed by atoms with Crippen LogP contribution in [-0.4, -0.2) is 27.0 Å². The average Bonchev–Trinajstić information content (AvgIpc) is 3.90. The Bertz CT molecular complexity index is 3790. The van der Waals surface area contributed by atoms with E-state index in [4.69, 9.17) is 19.9 Å². The zero-order valence-corrected chi connectivity index (χ0v) is 36.2. The number of fused-ring (bicyclic) bond motifs is 9. The molecule has 0 saturated heterocycles. The maximum absolute atomic E-state index is 5.38. The fourth-order valence-corrected chi connectivity index (χ4v) is 11.1. The minimum Gasteiger partial charge on any atom is -0.247 e. The molecule has 65 heavy (non-hydrogen) atoms. The van der Waals surface area contributed by atoms with E-state index in [0.717, 1.165) is 50.3 Å². The largest absolute Gasteiger partial charge is 0.247 e. The monoisotopic (exact) mass is 848 g/mol. The van der Waals surface area contributed by atoms with E-state index in [9.17, 15) is 0 Å². The second-order valence-corrected chi connectivity index (χ2v) is 17.9.